The van der Waals surface area contributed by atoms with Crippen LogP contribution in [0.4, 0.5) is 5.82 Å². The van der Waals surface area contributed by atoms with E-state index >= 15 is 0 Å². The van der Waals surface area contributed by atoms with Crippen molar-refractivity contribution in [3.63, 3.8) is 0 Å². The second-order valence-electron chi connectivity index (χ2n) is 3.19. The average molecular weight is 248 g/mol. The van der Waals surface area contributed by atoms with E-state index < -0.39 is 16.7 Å². The molecule has 1 amide bonds. The molecule has 0 aliphatic carbocycles. The number of hydrogen-bond acceptors (Lipinski definition) is 5. The number of halogens is 1. The number of amides is 1. The van der Waals surface area contributed by atoms with Crippen molar-refractivity contribution >= 4 is 23.3 Å². The third-order valence-electron chi connectivity index (χ3n) is 1.92. The molecule has 3 N–H and O–H groups in total. The number of rotatable bonds is 4. The zero-order valence-electron chi connectivity index (χ0n) is 8.38. The summed E-state index contributed by atoms with van der Waals surface area (Å²) >= 11 is 5.59. The monoisotopic (exact) mass is 247 g/mol. The number of aromatic nitrogens is 2. The van der Waals surface area contributed by atoms with Crippen LogP contribution in [0.2, 0.25) is 5.02 Å². The number of carbonyl (C=O) groups excluding carboxylic acids is 1. The van der Waals surface area contributed by atoms with E-state index in [1.165, 1.54) is 10.9 Å². The van der Waals surface area contributed by atoms with Crippen molar-refractivity contribution in [3.8, 4) is 0 Å². The van der Waals surface area contributed by atoms with Gasteiger partial charge in [0.2, 0.25) is 5.91 Å². The van der Waals surface area contributed by atoms with E-state index in [9.17, 15) is 14.9 Å². The van der Waals surface area contributed by atoms with Gasteiger partial charge in [-0.05, 0) is 4.92 Å². The van der Waals surface area contributed by atoms with E-state index in [1.54, 1.807) is 6.92 Å². The van der Waals surface area contributed by atoms with Gasteiger partial charge < -0.3 is 10.1 Å². The van der Waals surface area contributed by atoms with Gasteiger partial charge in [0.25, 0.3) is 0 Å². The number of nitro groups is 1. The molecule has 0 aliphatic heterocycles. The van der Waals surface area contributed by atoms with Gasteiger partial charge in [0.05, 0.1) is 23.8 Å². The largest absolute Gasteiger partial charge is 0.408 e. The molecule has 88 valence electrons. The Labute approximate surface area is 95.5 Å². The molecule has 0 fully saturated rings. The molecule has 0 radical (unpaired) electrons. The molecular formula is C7H10ClN5O3. The second kappa shape index (κ2) is 4.90. The minimum atomic E-state index is -0.688. The van der Waals surface area contributed by atoms with E-state index in [-0.39, 0.29) is 17.5 Å². The highest BCUT2D eigenvalue weighted by atomic mass is 35.5. The molecule has 0 saturated heterocycles. The average Bonchev–Trinajstić information content (AvgIpc) is 2.58. The highest BCUT2D eigenvalue weighted by Crippen LogP contribution is 2.21. The number of hydrogen-bond donors (Lipinski definition) is 2. The summed E-state index contributed by atoms with van der Waals surface area (Å²) in [5.41, 5.74) is 1.98. The third kappa shape index (κ3) is 2.67. The fourth-order valence-corrected chi connectivity index (χ4v) is 1.33. The predicted molar refractivity (Wildman–Crippen MR) is 55.4 cm³/mol. The van der Waals surface area contributed by atoms with Crippen LogP contribution in [-0.4, -0.2) is 20.6 Å². The first kappa shape index (κ1) is 12.4. The Bertz CT molecular complexity index is 418. The summed E-state index contributed by atoms with van der Waals surface area (Å²) in [6.45, 7) is 1.78. The van der Waals surface area contributed by atoms with Gasteiger partial charge in [-0.3, -0.25) is 10.2 Å². The van der Waals surface area contributed by atoms with Crippen molar-refractivity contribution < 1.29 is 9.72 Å². The Balaban J connectivity index is 2.79. The molecule has 0 saturated carbocycles. The molecule has 0 bridgehead atoms. The molecule has 1 aromatic heterocycles. The Morgan fingerprint density at radius 1 is 1.88 bits per heavy atom. The fourth-order valence-electron chi connectivity index (χ4n) is 1.11. The van der Waals surface area contributed by atoms with Crippen LogP contribution < -0.4 is 11.3 Å². The molecule has 1 atom stereocenters. The zero-order chi connectivity index (χ0) is 12.3. The molecule has 0 aliphatic rings. The van der Waals surface area contributed by atoms with Crippen LogP contribution in [-0.2, 0) is 11.3 Å². The van der Waals surface area contributed by atoms with Gasteiger partial charge in [0.15, 0.2) is 5.02 Å². The number of nitrogens with one attached hydrogen (secondary N) is 1. The Morgan fingerprint density at radius 3 is 2.94 bits per heavy atom. The number of nitrogens with zero attached hydrogens (tertiary/aromatic N) is 3. The predicted octanol–water partition coefficient (Wildman–Crippen LogP) is 0.0707. The van der Waals surface area contributed by atoms with Crippen LogP contribution in [0.3, 0.4) is 0 Å². The van der Waals surface area contributed by atoms with Crippen molar-refractivity contribution in [2.45, 2.75) is 13.5 Å². The van der Waals surface area contributed by atoms with Gasteiger partial charge in [-0.1, -0.05) is 18.5 Å². The first-order valence-electron chi connectivity index (χ1n) is 4.33. The summed E-state index contributed by atoms with van der Waals surface area (Å²) in [4.78, 5) is 20.9. The topological polar surface area (TPSA) is 116 Å². The normalized spacial score (nSPS) is 12.2. The smallest absolute Gasteiger partial charge is 0.358 e. The molecule has 8 nitrogen and oxygen atoms in total. The summed E-state index contributed by atoms with van der Waals surface area (Å²) in [7, 11) is 0. The van der Waals surface area contributed by atoms with E-state index in [4.69, 9.17) is 17.4 Å². The molecule has 1 aromatic rings. The van der Waals surface area contributed by atoms with Crippen LogP contribution in [0.25, 0.3) is 0 Å². The number of carbonyl (C=O) groups is 1. The summed E-state index contributed by atoms with van der Waals surface area (Å²) in [6.07, 6.45) is 1.29. The maximum absolute atomic E-state index is 11.1. The van der Waals surface area contributed by atoms with Gasteiger partial charge in [0.1, 0.15) is 0 Å². The molecule has 1 heterocycles. The lowest BCUT2D eigenvalue weighted by Crippen LogP contribution is -2.36. The number of nitrogens with two attached hydrogens (primary N) is 1. The Morgan fingerprint density at radius 2 is 2.50 bits per heavy atom. The minimum absolute atomic E-state index is 0.0645. The summed E-state index contributed by atoms with van der Waals surface area (Å²) in [6, 6.07) is 0. The lowest BCUT2D eigenvalue weighted by atomic mass is 10.2. The highest BCUT2D eigenvalue weighted by molar-refractivity contribution is 6.32. The number of hydrazine groups is 1. The molecule has 0 aromatic carbocycles. The lowest BCUT2D eigenvalue weighted by molar-refractivity contribution is -0.389. The van der Waals surface area contributed by atoms with Crippen molar-refractivity contribution in [3.05, 3.63) is 21.3 Å². The van der Waals surface area contributed by atoms with Crippen molar-refractivity contribution in [2.75, 3.05) is 0 Å². The van der Waals surface area contributed by atoms with Gasteiger partial charge in [0, 0.05) is 0 Å². The quantitative estimate of drug-likeness (QED) is 0.338. The van der Waals surface area contributed by atoms with Crippen molar-refractivity contribution in [1.29, 1.82) is 0 Å². The molecule has 1 rings (SSSR count). The molecule has 9 heteroatoms. The van der Waals surface area contributed by atoms with E-state index in [2.05, 4.69) is 5.10 Å². The standard InChI is InChI=1S/C7H10ClN5O3/c1-4(7(14)10-9)2-12-3-5(8)6(11-12)13(15)16/h3-4H,2,9H2,1H3,(H,10,14). The molecular weight excluding hydrogens is 238 g/mol. The maximum Gasteiger partial charge on any atom is 0.408 e. The summed E-state index contributed by atoms with van der Waals surface area (Å²) < 4.78 is 1.24. The zero-order valence-corrected chi connectivity index (χ0v) is 9.14. The van der Waals surface area contributed by atoms with Crippen LogP contribution in [0, 0.1) is 16.0 Å². The van der Waals surface area contributed by atoms with Crippen molar-refractivity contribution in [2.24, 2.45) is 11.8 Å². The van der Waals surface area contributed by atoms with Crippen LogP contribution >= 0.6 is 11.6 Å². The van der Waals surface area contributed by atoms with Crippen LogP contribution in [0.15, 0.2) is 6.20 Å². The summed E-state index contributed by atoms with van der Waals surface area (Å²) in [5, 5.41) is 14.0. The fraction of sp³-hybridized carbons (Fsp3) is 0.429. The SMILES string of the molecule is CC(Cn1cc(Cl)c([N+](=O)[O-])n1)C(=O)NN. The minimum Gasteiger partial charge on any atom is -0.358 e. The van der Waals surface area contributed by atoms with E-state index in [0.29, 0.717) is 0 Å². The van der Waals surface area contributed by atoms with Gasteiger partial charge >= 0.3 is 5.82 Å². The Kier molecular flexibility index (Phi) is 3.80. The van der Waals surface area contributed by atoms with Crippen LogP contribution in [0.5, 0.6) is 0 Å². The van der Waals surface area contributed by atoms with Crippen molar-refractivity contribution in [1.82, 2.24) is 15.2 Å². The van der Waals surface area contributed by atoms with E-state index in [1.807, 2.05) is 5.43 Å². The third-order valence-corrected chi connectivity index (χ3v) is 2.19. The van der Waals surface area contributed by atoms with Gasteiger partial charge in [-0.25, -0.2) is 5.84 Å². The molecule has 16 heavy (non-hydrogen) atoms. The van der Waals surface area contributed by atoms with Gasteiger partial charge in [-0.2, -0.15) is 4.68 Å². The molecule has 1 unspecified atom stereocenters. The lowest BCUT2D eigenvalue weighted by Gasteiger charge is -2.06. The highest BCUT2D eigenvalue weighted by Gasteiger charge is 2.21. The second-order valence-corrected chi connectivity index (χ2v) is 3.60. The van der Waals surface area contributed by atoms with Crippen LogP contribution in [0.1, 0.15) is 6.92 Å². The first-order chi connectivity index (χ1) is 7.45. The summed E-state index contributed by atoms with van der Waals surface area (Å²) in [5.74, 6) is 3.68. The maximum atomic E-state index is 11.1. The van der Waals surface area contributed by atoms with Gasteiger partial charge in [-0.15, -0.1) is 0 Å². The van der Waals surface area contributed by atoms with E-state index in [0.717, 1.165) is 0 Å². The molecule has 0 spiro atoms. The Hall–Kier alpha value is -1.67. The first-order valence-corrected chi connectivity index (χ1v) is 4.71.